The Hall–Kier alpha value is -3.94. The molecule has 234 valence electrons. The minimum atomic E-state index is -4.60. The third-order valence-corrected chi connectivity index (χ3v) is 7.97. The molecular formula is C31H35F3N6O4. The molecule has 1 N–H and O–H groups in total. The molecule has 2 fully saturated rings. The van der Waals surface area contributed by atoms with E-state index in [9.17, 15) is 18.0 Å². The molecule has 1 aromatic heterocycles. The van der Waals surface area contributed by atoms with Gasteiger partial charge in [-0.25, -0.2) is 9.69 Å². The van der Waals surface area contributed by atoms with Crippen molar-refractivity contribution in [3.8, 4) is 6.01 Å². The zero-order chi connectivity index (χ0) is 30.5. The van der Waals surface area contributed by atoms with Gasteiger partial charge in [-0.3, -0.25) is 4.90 Å². The number of carbonyl (C=O) groups excluding carboxylic acids is 1. The molecule has 0 bridgehead atoms. The summed E-state index contributed by atoms with van der Waals surface area (Å²) in [5, 5.41) is 2.88. The van der Waals surface area contributed by atoms with Gasteiger partial charge < -0.3 is 24.4 Å². The van der Waals surface area contributed by atoms with Crippen molar-refractivity contribution in [3.63, 3.8) is 0 Å². The molecule has 0 spiro atoms. The lowest BCUT2D eigenvalue weighted by atomic mass is 10.1. The number of carbonyl (C=O) groups is 1. The summed E-state index contributed by atoms with van der Waals surface area (Å²) in [4.78, 5) is 28.5. The monoisotopic (exact) mass is 612 g/mol. The number of benzene rings is 2. The SMILES string of the molecule is O=C(Nc1ccc2c(c1)CCC2)N(c1cccc(C(F)(F)F)c1)c1cc(N2CCOCC2)nc(OCCN2CCOCC2)n1. The van der Waals surface area contributed by atoms with Crippen LogP contribution in [-0.4, -0.2) is 86.7 Å². The average Bonchev–Trinajstić information content (AvgIpc) is 3.50. The lowest BCUT2D eigenvalue weighted by molar-refractivity contribution is -0.137. The molecule has 10 nitrogen and oxygen atoms in total. The average molecular weight is 613 g/mol. The van der Waals surface area contributed by atoms with E-state index in [-0.39, 0.29) is 24.1 Å². The predicted octanol–water partition coefficient (Wildman–Crippen LogP) is 4.90. The Morgan fingerprint density at radius 1 is 0.932 bits per heavy atom. The third-order valence-electron chi connectivity index (χ3n) is 7.97. The first-order valence-corrected chi connectivity index (χ1v) is 14.9. The molecule has 2 aliphatic heterocycles. The summed E-state index contributed by atoms with van der Waals surface area (Å²) in [5.74, 6) is 0.572. The van der Waals surface area contributed by atoms with Crippen molar-refractivity contribution in [1.82, 2.24) is 14.9 Å². The van der Waals surface area contributed by atoms with Crippen LogP contribution in [0.5, 0.6) is 6.01 Å². The number of anilines is 4. The van der Waals surface area contributed by atoms with Crippen molar-refractivity contribution in [2.24, 2.45) is 0 Å². The first-order valence-electron chi connectivity index (χ1n) is 14.9. The molecule has 0 unspecified atom stereocenters. The topological polar surface area (TPSA) is 92.3 Å². The van der Waals surface area contributed by atoms with Gasteiger partial charge in [0.2, 0.25) is 0 Å². The Labute approximate surface area is 253 Å². The Bertz CT molecular complexity index is 1460. The number of nitrogens with zero attached hydrogens (tertiary/aromatic N) is 5. The fourth-order valence-electron chi connectivity index (χ4n) is 5.63. The van der Waals surface area contributed by atoms with Gasteiger partial charge >= 0.3 is 18.2 Å². The molecule has 0 saturated carbocycles. The molecule has 2 amide bonds. The highest BCUT2D eigenvalue weighted by molar-refractivity contribution is 6.06. The fraction of sp³-hybridized carbons (Fsp3) is 0.452. The van der Waals surface area contributed by atoms with E-state index in [4.69, 9.17) is 14.2 Å². The van der Waals surface area contributed by atoms with E-state index >= 15 is 0 Å². The highest BCUT2D eigenvalue weighted by atomic mass is 19.4. The van der Waals surface area contributed by atoms with Crippen LogP contribution < -0.4 is 19.9 Å². The minimum absolute atomic E-state index is 0.00405. The molecule has 44 heavy (non-hydrogen) atoms. The van der Waals surface area contributed by atoms with Gasteiger partial charge in [-0.2, -0.15) is 23.1 Å². The van der Waals surface area contributed by atoms with Gasteiger partial charge in [-0.05, 0) is 60.7 Å². The van der Waals surface area contributed by atoms with E-state index in [0.29, 0.717) is 57.6 Å². The molecule has 3 aliphatic rings. The number of urea groups is 1. The van der Waals surface area contributed by atoms with Crippen molar-refractivity contribution in [2.45, 2.75) is 25.4 Å². The Morgan fingerprint density at radius 2 is 1.68 bits per heavy atom. The van der Waals surface area contributed by atoms with Crippen molar-refractivity contribution in [3.05, 3.63) is 65.2 Å². The van der Waals surface area contributed by atoms with Crippen LogP contribution >= 0.6 is 0 Å². The lowest BCUT2D eigenvalue weighted by Crippen LogP contribution is -2.39. The van der Waals surface area contributed by atoms with Crippen LogP contribution in [0, 0.1) is 0 Å². The molecule has 13 heteroatoms. The van der Waals surface area contributed by atoms with Gasteiger partial charge in [0.1, 0.15) is 12.4 Å². The van der Waals surface area contributed by atoms with Crippen molar-refractivity contribution < 1.29 is 32.2 Å². The Kier molecular flexibility index (Phi) is 9.14. The summed E-state index contributed by atoms with van der Waals surface area (Å²) in [6, 6.07) is 11.3. The number of ether oxygens (including phenoxy) is 3. The van der Waals surface area contributed by atoms with E-state index < -0.39 is 17.8 Å². The lowest BCUT2D eigenvalue weighted by Gasteiger charge is -2.30. The van der Waals surface area contributed by atoms with Crippen LogP contribution in [0.4, 0.5) is 41.0 Å². The quantitative estimate of drug-likeness (QED) is 0.384. The van der Waals surface area contributed by atoms with Crippen LogP contribution in [0.15, 0.2) is 48.5 Å². The molecule has 0 radical (unpaired) electrons. The van der Waals surface area contributed by atoms with Crippen molar-refractivity contribution >= 4 is 29.0 Å². The summed E-state index contributed by atoms with van der Waals surface area (Å²) in [5.41, 5.74) is 2.07. The molecular weight excluding hydrogens is 577 g/mol. The largest absolute Gasteiger partial charge is 0.462 e. The van der Waals surface area contributed by atoms with Crippen LogP contribution in [0.25, 0.3) is 0 Å². The van der Waals surface area contributed by atoms with Crippen molar-refractivity contribution in [2.75, 3.05) is 80.9 Å². The van der Waals surface area contributed by atoms with Gasteiger partial charge in [0.25, 0.3) is 0 Å². The second kappa shape index (κ2) is 13.4. The van der Waals surface area contributed by atoms with Crippen LogP contribution in [0.2, 0.25) is 0 Å². The number of aromatic nitrogens is 2. The number of fused-ring (bicyclic) bond motifs is 1. The number of nitrogens with one attached hydrogen (secondary N) is 1. The first kappa shape index (κ1) is 30.1. The molecule has 1 aliphatic carbocycles. The van der Waals surface area contributed by atoms with E-state index in [0.717, 1.165) is 54.9 Å². The van der Waals surface area contributed by atoms with Gasteiger partial charge in [-0.1, -0.05) is 12.1 Å². The minimum Gasteiger partial charge on any atom is -0.462 e. The number of amides is 2. The number of halogens is 3. The number of rotatable bonds is 8. The standard InChI is InChI=1S/C31H35F3N6O4/c32-31(33,34)24-5-2-6-26(20-24)40(30(41)35-25-8-7-22-3-1-4-23(22)19-25)28-21-27(39-12-16-43-17-13-39)36-29(37-28)44-18-11-38-9-14-42-15-10-38/h2,5-8,19-21H,1,3-4,9-18H2,(H,35,41). The predicted molar refractivity (Wildman–Crippen MR) is 159 cm³/mol. The number of alkyl halides is 3. The maximum absolute atomic E-state index is 14.0. The van der Waals surface area contributed by atoms with Gasteiger partial charge in [0.15, 0.2) is 5.82 Å². The summed E-state index contributed by atoms with van der Waals surface area (Å²) < 4.78 is 58.2. The first-order chi connectivity index (χ1) is 21.3. The zero-order valence-corrected chi connectivity index (χ0v) is 24.3. The molecule has 0 atom stereocenters. The Morgan fingerprint density at radius 3 is 2.45 bits per heavy atom. The molecule has 2 aromatic carbocycles. The van der Waals surface area contributed by atoms with E-state index in [1.54, 1.807) is 6.07 Å². The summed E-state index contributed by atoms with van der Waals surface area (Å²) in [7, 11) is 0. The Balaban J connectivity index is 1.35. The maximum Gasteiger partial charge on any atom is 0.416 e. The van der Waals surface area contributed by atoms with Crippen LogP contribution in [0.1, 0.15) is 23.1 Å². The van der Waals surface area contributed by atoms with E-state index in [1.165, 1.54) is 17.7 Å². The van der Waals surface area contributed by atoms with Gasteiger partial charge in [-0.15, -0.1) is 0 Å². The van der Waals surface area contributed by atoms with Crippen molar-refractivity contribution in [1.29, 1.82) is 0 Å². The molecule has 3 heterocycles. The number of aryl methyl sites for hydroxylation is 2. The highest BCUT2D eigenvalue weighted by Crippen LogP contribution is 2.35. The normalized spacial score (nSPS) is 17.3. The highest BCUT2D eigenvalue weighted by Gasteiger charge is 2.32. The smallest absolute Gasteiger partial charge is 0.416 e. The van der Waals surface area contributed by atoms with Crippen LogP contribution in [-0.2, 0) is 28.5 Å². The van der Waals surface area contributed by atoms with Gasteiger partial charge in [0.05, 0.1) is 37.7 Å². The number of hydrogen-bond donors (Lipinski definition) is 1. The molecule has 6 rings (SSSR count). The summed E-state index contributed by atoms with van der Waals surface area (Å²) in [6.07, 6.45) is -1.66. The van der Waals surface area contributed by atoms with E-state index in [1.807, 2.05) is 23.1 Å². The summed E-state index contributed by atoms with van der Waals surface area (Å²) >= 11 is 0. The third kappa shape index (κ3) is 7.22. The molecule has 3 aromatic rings. The molecule has 2 saturated heterocycles. The van der Waals surface area contributed by atoms with E-state index in [2.05, 4.69) is 20.2 Å². The zero-order valence-electron chi connectivity index (χ0n) is 24.3. The number of hydrogen-bond acceptors (Lipinski definition) is 8. The maximum atomic E-state index is 14.0. The number of morpholine rings is 2. The second-order valence-electron chi connectivity index (χ2n) is 10.9. The second-order valence-corrected chi connectivity index (χ2v) is 10.9. The van der Waals surface area contributed by atoms with Crippen LogP contribution in [0.3, 0.4) is 0 Å². The van der Waals surface area contributed by atoms with Gasteiger partial charge in [0, 0.05) is 44.5 Å². The fourth-order valence-corrected chi connectivity index (χ4v) is 5.63. The summed E-state index contributed by atoms with van der Waals surface area (Å²) in [6.45, 7) is 5.87.